The van der Waals surface area contributed by atoms with Gasteiger partial charge in [-0.05, 0) is 41.0 Å². The standard InChI is InChI=1S/C39H36N2O8S/c1-3-25-45-35-34(49-38(50)47-31-17-11-6-12-18-31)32(48-36(35)41-24-23-33(42)40-37(41)43)26-46-39(27-13-7-4-8-14-27,28-15-9-5-10-16-28)29-19-21-30(44-2)22-20-29/h3-24,32,34-36H,1,25-26H2,2H3,(H,40,42,43)/t32-,34-,35+,36-/m1/s1. The molecule has 1 N–H and O–H groups in total. The molecule has 256 valence electrons. The smallest absolute Gasteiger partial charge is 0.358 e. The van der Waals surface area contributed by atoms with E-state index < -0.39 is 41.4 Å². The summed E-state index contributed by atoms with van der Waals surface area (Å²) in [6.07, 6.45) is -0.824. The Labute approximate surface area is 294 Å². The van der Waals surface area contributed by atoms with Gasteiger partial charge in [0, 0.05) is 24.5 Å². The number of ether oxygens (including phenoxy) is 6. The molecule has 0 spiro atoms. The largest absolute Gasteiger partial charge is 0.497 e. The van der Waals surface area contributed by atoms with E-state index in [0.29, 0.717) is 11.5 Å². The van der Waals surface area contributed by atoms with Gasteiger partial charge in [-0.15, -0.1) is 6.58 Å². The zero-order chi connectivity index (χ0) is 34.9. The Morgan fingerprint density at radius 1 is 0.840 bits per heavy atom. The maximum absolute atomic E-state index is 13.1. The molecule has 0 unspecified atom stereocenters. The summed E-state index contributed by atoms with van der Waals surface area (Å²) in [6, 6.07) is 37.6. The minimum absolute atomic E-state index is 0.0585. The van der Waals surface area contributed by atoms with E-state index in [2.05, 4.69) is 11.6 Å². The Kier molecular flexibility index (Phi) is 11.0. The predicted octanol–water partition coefficient (Wildman–Crippen LogP) is 5.77. The number of rotatable bonds is 13. The van der Waals surface area contributed by atoms with Crippen molar-refractivity contribution in [1.82, 2.24) is 9.55 Å². The van der Waals surface area contributed by atoms with Crippen molar-refractivity contribution in [2.75, 3.05) is 20.3 Å². The summed E-state index contributed by atoms with van der Waals surface area (Å²) in [7, 11) is 1.62. The van der Waals surface area contributed by atoms with Gasteiger partial charge in [-0.2, -0.15) is 0 Å². The van der Waals surface area contributed by atoms with Crippen LogP contribution in [0.3, 0.4) is 0 Å². The van der Waals surface area contributed by atoms with E-state index >= 15 is 0 Å². The average molecular weight is 693 g/mol. The van der Waals surface area contributed by atoms with Crippen molar-refractivity contribution in [2.24, 2.45) is 0 Å². The van der Waals surface area contributed by atoms with Crippen LogP contribution in [0.4, 0.5) is 0 Å². The fourth-order valence-corrected chi connectivity index (χ4v) is 6.25. The quantitative estimate of drug-likeness (QED) is 0.0935. The van der Waals surface area contributed by atoms with Gasteiger partial charge < -0.3 is 28.4 Å². The lowest BCUT2D eigenvalue weighted by Gasteiger charge is -2.37. The highest BCUT2D eigenvalue weighted by Gasteiger charge is 2.50. The monoisotopic (exact) mass is 692 g/mol. The number of methoxy groups -OCH3 is 1. The minimum atomic E-state index is -1.13. The molecule has 0 aliphatic carbocycles. The highest BCUT2D eigenvalue weighted by Crippen LogP contribution is 2.43. The van der Waals surface area contributed by atoms with Crippen LogP contribution in [0.25, 0.3) is 0 Å². The van der Waals surface area contributed by atoms with E-state index in [-0.39, 0.29) is 18.5 Å². The second kappa shape index (κ2) is 15.9. The van der Waals surface area contributed by atoms with E-state index in [9.17, 15) is 9.59 Å². The van der Waals surface area contributed by atoms with Gasteiger partial charge in [0.2, 0.25) is 0 Å². The molecule has 1 fully saturated rings. The Hall–Kier alpha value is -5.33. The van der Waals surface area contributed by atoms with Crippen molar-refractivity contribution in [3.63, 3.8) is 0 Å². The lowest BCUT2D eigenvalue weighted by Crippen LogP contribution is -2.43. The van der Waals surface area contributed by atoms with Gasteiger partial charge in [0.05, 0.1) is 20.3 Å². The summed E-state index contributed by atoms with van der Waals surface area (Å²) in [5.74, 6) is 1.17. The van der Waals surface area contributed by atoms with Gasteiger partial charge in [-0.25, -0.2) is 4.79 Å². The molecule has 0 saturated carbocycles. The molecule has 2 heterocycles. The molecule has 1 saturated heterocycles. The number of hydrogen-bond donors (Lipinski definition) is 1. The molecule has 4 atom stereocenters. The maximum atomic E-state index is 13.1. The maximum Gasteiger partial charge on any atom is 0.358 e. The van der Waals surface area contributed by atoms with Crippen LogP contribution >= 0.6 is 12.2 Å². The average Bonchev–Trinajstić information content (AvgIpc) is 3.48. The van der Waals surface area contributed by atoms with Crippen LogP contribution in [0.2, 0.25) is 0 Å². The van der Waals surface area contributed by atoms with E-state index in [0.717, 1.165) is 16.7 Å². The first-order chi connectivity index (χ1) is 24.4. The van der Waals surface area contributed by atoms with Crippen LogP contribution in [-0.4, -0.2) is 53.4 Å². The summed E-state index contributed by atoms with van der Waals surface area (Å²) < 4.78 is 38.8. The highest BCUT2D eigenvalue weighted by molar-refractivity contribution is 7.79. The molecule has 11 heteroatoms. The van der Waals surface area contributed by atoms with Crippen molar-refractivity contribution in [1.29, 1.82) is 0 Å². The molecule has 10 nitrogen and oxygen atoms in total. The fourth-order valence-electron chi connectivity index (χ4n) is 6.04. The van der Waals surface area contributed by atoms with E-state index in [1.54, 1.807) is 25.3 Å². The lowest BCUT2D eigenvalue weighted by atomic mass is 9.80. The molecule has 1 aliphatic heterocycles. The summed E-state index contributed by atoms with van der Waals surface area (Å²) in [5, 5.41) is -0.177. The molecule has 0 radical (unpaired) electrons. The Balaban J connectivity index is 1.43. The lowest BCUT2D eigenvalue weighted by molar-refractivity contribution is -0.0971. The van der Waals surface area contributed by atoms with Crippen LogP contribution < -0.4 is 20.7 Å². The van der Waals surface area contributed by atoms with Crippen molar-refractivity contribution < 1.29 is 28.4 Å². The molecular formula is C39H36N2O8S. The second-order valence-corrected chi connectivity index (χ2v) is 11.7. The molecule has 0 bridgehead atoms. The van der Waals surface area contributed by atoms with Gasteiger partial charge in [-0.1, -0.05) is 97.1 Å². The number of hydrogen-bond acceptors (Lipinski definition) is 9. The van der Waals surface area contributed by atoms with Crippen molar-refractivity contribution in [2.45, 2.75) is 30.1 Å². The molecule has 1 aromatic heterocycles. The molecule has 1 aliphatic rings. The molecule has 50 heavy (non-hydrogen) atoms. The fraction of sp³-hybridized carbons (Fsp3) is 0.205. The van der Waals surface area contributed by atoms with Crippen molar-refractivity contribution in [3.05, 3.63) is 178 Å². The van der Waals surface area contributed by atoms with Crippen LogP contribution in [0, 0.1) is 0 Å². The normalized spacial score (nSPS) is 18.7. The van der Waals surface area contributed by atoms with E-state index in [1.165, 1.54) is 16.8 Å². The van der Waals surface area contributed by atoms with Gasteiger partial charge >= 0.3 is 10.9 Å². The highest BCUT2D eigenvalue weighted by atomic mass is 32.1. The van der Waals surface area contributed by atoms with E-state index in [1.807, 2.05) is 103 Å². The number of benzene rings is 4. The third-order valence-corrected chi connectivity index (χ3v) is 8.49. The first-order valence-electron chi connectivity index (χ1n) is 16.0. The zero-order valence-electron chi connectivity index (χ0n) is 27.3. The number of nitrogens with one attached hydrogen (secondary N) is 1. The van der Waals surface area contributed by atoms with Gasteiger partial charge in [0.1, 0.15) is 29.3 Å². The topological polar surface area (TPSA) is 110 Å². The summed E-state index contributed by atoms with van der Waals surface area (Å²) in [5.41, 5.74) is 0.202. The van der Waals surface area contributed by atoms with Crippen LogP contribution in [0.1, 0.15) is 22.9 Å². The number of aromatic nitrogens is 2. The SMILES string of the molecule is C=CCO[C@H]1[C@H](OC(=S)Oc2ccccc2)[C@@H](COC(c2ccccc2)(c2ccccc2)c2ccc(OC)cc2)O[C@H]1n1ccc(=O)[nH]c1=O. The first kappa shape index (κ1) is 34.5. The molecule has 4 aromatic carbocycles. The Bertz CT molecular complexity index is 1950. The second-order valence-electron chi connectivity index (χ2n) is 11.4. The number of H-pyrrole nitrogens is 1. The van der Waals surface area contributed by atoms with Crippen LogP contribution in [0.15, 0.2) is 150 Å². The Morgan fingerprint density at radius 3 is 2.02 bits per heavy atom. The number of nitrogens with zero attached hydrogens (tertiary/aromatic N) is 1. The minimum Gasteiger partial charge on any atom is -0.497 e. The van der Waals surface area contributed by atoms with E-state index in [4.69, 9.17) is 40.6 Å². The third-order valence-electron chi connectivity index (χ3n) is 8.32. The number of thiocarbonyl (C=S) groups is 1. The zero-order valence-corrected chi connectivity index (χ0v) is 28.1. The van der Waals surface area contributed by atoms with Crippen LogP contribution in [0.5, 0.6) is 11.5 Å². The summed E-state index contributed by atoms with van der Waals surface area (Å²) in [6.45, 7) is 3.83. The van der Waals surface area contributed by atoms with Gasteiger partial charge in [0.15, 0.2) is 12.3 Å². The molecule has 0 amide bonds. The molecular weight excluding hydrogens is 657 g/mol. The van der Waals surface area contributed by atoms with Gasteiger partial charge in [0.25, 0.3) is 5.56 Å². The Morgan fingerprint density at radius 2 is 1.44 bits per heavy atom. The third kappa shape index (κ3) is 7.46. The molecule has 5 aromatic rings. The summed E-state index contributed by atoms with van der Waals surface area (Å²) in [4.78, 5) is 27.3. The van der Waals surface area contributed by atoms with Crippen LogP contribution in [-0.2, 0) is 24.5 Å². The number of aromatic amines is 1. The van der Waals surface area contributed by atoms with Crippen molar-refractivity contribution >= 4 is 17.5 Å². The summed E-state index contributed by atoms with van der Waals surface area (Å²) >= 11 is 5.56. The number of para-hydroxylation sites is 1. The molecule has 6 rings (SSSR count). The van der Waals surface area contributed by atoms with Crippen molar-refractivity contribution in [3.8, 4) is 11.5 Å². The first-order valence-corrected chi connectivity index (χ1v) is 16.4. The van der Waals surface area contributed by atoms with Gasteiger partial charge in [-0.3, -0.25) is 14.3 Å². The predicted molar refractivity (Wildman–Crippen MR) is 191 cm³/mol.